The number of hydrogen-bond donors (Lipinski definition) is 0. The highest BCUT2D eigenvalue weighted by molar-refractivity contribution is 4.74. The van der Waals surface area contributed by atoms with E-state index in [0.29, 0.717) is 11.3 Å². The highest BCUT2D eigenvalue weighted by Crippen LogP contribution is 2.30. The van der Waals surface area contributed by atoms with Gasteiger partial charge in [0, 0.05) is 0 Å². The van der Waals surface area contributed by atoms with Gasteiger partial charge >= 0.3 is 0 Å². The second kappa shape index (κ2) is 14.3. The van der Waals surface area contributed by atoms with Gasteiger partial charge < -0.3 is 0 Å². The summed E-state index contributed by atoms with van der Waals surface area (Å²) in [6, 6.07) is 0. The molecule has 0 aliphatic carbocycles. The van der Waals surface area contributed by atoms with Gasteiger partial charge in [-0.2, -0.15) is 0 Å². The molecule has 0 saturated carbocycles. The van der Waals surface area contributed by atoms with Crippen LogP contribution >= 0.6 is 0 Å². The molecule has 0 aromatic heterocycles. The van der Waals surface area contributed by atoms with Gasteiger partial charge in [0.05, 0.1) is 0 Å². The zero-order valence-electron chi connectivity index (χ0n) is 16.3. The predicted molar refractivity (Wildman–Crippen MR) is 103 cm³/mol. The quantitative estimate of drug-likeness (QED) is 0.198. The highest BCUT2D eigenvalue weighted by Gasteiger charge is 2.16. The minimum atomic E-state index is 0.567. The summed E-state index contributed by atoms with van der Waals surface area (Å²) in [5, 5.41) is 0. The maximum Gasteiger partial charge on any atom is -0.0265 e. The zero-order chi connectivity index (χ0) is 16.7. The molecule has 0 aliphatic rings. The van der Waals surface area contributed by atoms with E-state index in [2.05, 4.69) is 40.3 Å². The molecule has 0 aromatic rings. The van der Waals surface area contributed by atoms with Gasteiger partial charge in [-0.05, 0) is 30.6 Å². The zero-order valence-corrected chi connectivity index (χ0v) is 16.3. The summed E-state index contributed by atoms with van der Waals surface area (Å²) in [4.78, 5) is 0. The number of hydrogen-bond acceptors (Lipinski definition) is 0. The molecule has 0 heteroatoms. The molecule has 0 rings (SSSR count). The standard InChI is InChI=1S/C22H44/c1-6-8-9-10-11-13-16-19-22(4,5)20-17-14-12-15-18-21(3)7-2/h7,21H,2,6,8-20H2,1,3-5H3. The monoisotopic (exact) mass is 308 g/mol. The maximum atomic E-state index is 3.86. The van der Waals surface area contributed by atoms with Crippen molar-refractivity contribution in [2.75, 3.05) is 0 Å². The van der Waals surface area contributed by atoms with Crippen LogP contribution in [0.25, 0.3) is 0 Å². The molecule has 0 bridgehead atoms. The topological polar surface area (TPSA) is 0 Å². The van der Waals surface area contributed by atoms with Crippen LogP contribution in [0, 0.1) is 11.3 Å². The van der Waals surface area contributed by atoms with Crippen molar-refractivity contribution in [2.45, 2.75) is 118 Å². The van der Waals surface area contributed by atoms with Gasteiger partial charge in [-0.15, -0.1) is 6.58 Å². The van der Waals surface area contributed by atoms with Gasteiger partial charge in [-0.25, -0.2) is 0 Å². The molecule has 0 fully saturated rings. The van der Waals surface area contributed by atoms with E-state index in [-0.39, 0.29) is 0 Å². The van der Waals surface area contributed by atoms with E-state index in [4.69, 9.17) is 0 Å². The van der Waals surface area contributed by atoms with Crippen LogP contribution in [0.4, 0.5) is 0 Å². The summed E-state index contributed by atoms with van der Waals surface area (Å²) < 4.78 is 0. The van der Waals surface area contributed by atoms with Gasteiger partial charge in [0.15, 0.2) is 0 Å². The largest absolute Gasteiger partial charge is 0.103 e. The molecule has 0 N–H and O–H groups in total. The summed E-state index contributed by atoms with van der Waals surface area (Å²) in [7, 11) is 0. The second-order valence-corrected chi connectivity index (χ2v) is 8.20. The Bertz CT molecular complexity index is 238. The van der Waals surface area contributed by atoms with Crippen molar-refractivity contribution in [3.05, 3.63) is 12.7 Å². The number of unbranched alkanes of at least 4 members (excludes halogenated alkanes) is 9. The minimum Gasteiger partial charge on any atom is -0.103 e. The summed E-state index contributed by atoms with van der Waals surface area (Å²) in [6.45, 7) is 13.4. The molecule has 0 amide bonds. The van der Waals surface area contributed by atoms with Crippen molar-refractivity contribution < 1.29 is 0 Å². The lowest BCUT2D eigenvalue weighted by Gasteiger charge is -2.24. The lowest BCUT2D eigenvalue weighted by atomic mass is 9.81. The lowest BCUT2D eigenvalue weighted by Crippen LogP contribution is -2.11. The van der Waals surface area contributed by atoms with Crippen LogP contribution < -0.4 is 0 Å². The molecule has 0 radical (unpaired) electrons. The highest BCUT2D eigenvalue weighted by atomic mass is 14.2. The van der Waals surface area contributed by atoms with Crippen molar-refractivity contribution in [3.8, 4) is 0 Å². The third-order valence-electron chi connectivity index (χ3n) is 5.12. The third-order valence-corrected chi connectivity index (χ3v) is 5.12. The first-order valence-corrected chi connectivity index (χ1v) is 10.1. The van der Waals surface area contributed by atoms with Crippen LogP contribution in [0.1, 0.15) is 118 Å². The molecule has 0 aliphatic heterocycles. The van der Waals surface area contributed by atoms with Gasteiger partial charge in [0.1, 0.15) is 0 Å². The van der Waals surface area contributed by atoms with Crippen molar-refractivity contribution in [3.63, 3.8) is 0 Å². The van der Waals surface area contributed by atoms with E-state index in [1.165, 1.54) is 89.9 Å². The van der Waals surface area contributed by atoms with Crippen molar-refractivity contribution in [2.24, 2.45) is 11.3 Å². The van der Waals surface area contributed by atoms with Crippen LogP contribution in [0.15, 0.2) is 12.7 Å². The molecule has 0 aromatic carbocycles. The summed E-state index contributed by atoms with van der Waals surface area (Å²) >= 11 is 0. The number of rotatable bonds is 16. The van der Waals surface area contributed by atoms with E-state index in [0.717, 1.165) is 0 Å². The fraction of sp³-hybridized carbons (Fsp3) is 0.909. The SMILES string of the molecule is C=CC(C)CCCCCCC(C)(C)CCCCCCCCC. The fourth-order valence-corrected chi connectivity index (χ4v) is 3.23. The summed E-state index contributed by atoms with van der Waals surface area (Å²) in [5.41, 5.74) is 0.567. The molecule has 1 atom stereocenters. The van der Waals surface area contributed by atoms with Gasteiger partial charge in [0.2, 0.25) is 0 Å². The van der Waals surface area contributed by atoms with Gasteiger partial charge in [-0.1, -0.05) is 104 Å². The first kappa shape index (κ1) is 21.7. The van der Waals surface area contributed by atoms with Crippen LogP contribution in [0.3, 0.4) is 0 Å². The van der Waals surface area contributed by atoms with E-state index in [1.54, 1.807) is 0 Å². The first-order valence-electron chi connectivity index (χ1n) is 10.1. The Labute approximate surface area is 142 Å². The molecule has 0 heterocycles. The Balaban J connectivity index is 3.43. The van der Waals surface area contributed by atoms with Gasteiger partial charge in [0.25, 0.3) is 0 Å². The van der Waals surface area contributed by atoms with Crippen molar-refractivity contribution in [1.29, 1.82) is 0 Å². The number of allylic oxidation sites excluding steroid dienone is 1. The molecule has 0 spiro atoms. The van der Waals surface area contributed by atoms with Crippen LogP contribution in [-0.4, -0.2) is 0 Å². The fourth-order valence-electron chi connectivity index (χ4n) is 3.23. The molecule has 0 saturated heterocycles. The molecule has 0 nitrogen and oxygen atoms in total. The van der Waals surface area contributed by atoms with Crippen LogP contribution in [0.5, 0.6) is 0 Å². The molecule has 1 unspecified atom stereocenters. The average molecular weight is 309 g/mol. The smallest absolute Gasteiger partial charge is 0.0265 e. The van der Waals surface area contributed by atoms with E-state index >= 15 is 0 Å². The predicted octanol–water partition coefficient (Wildman–Crippen LogP) is 8.32. The summed E-state index contributed by atoms with van der Waals surface area (Å²) in [6.07, 6.45) is 21.9. The molecule has 132 valence electrons. The Hall–Kier alpha value is -0.260. The van der Waals surface area contributed by atoms with E-state index in [9.17, 15) is 0 Å². The van der Waals surface area contributed by atoms with E-state index < -0.39 is 0 Å². The average Bonchev–Trinajstić information content (AvgIpc) is 2.49. The summed E-state index contributed by atoms with van der Waals surface area (Å²) in [5.74, 6) is 0.703. The van der Waals surface area contributed by atoms with Crippen molar-refractivity contribution in [1.82, 2.24) is 0 Å². The Morgan fingerprint density at radius 2 is 1.23 bits per heavy atom. The Morgan fingerprint density at radius 3 is 1.73 bits per heavy atom. The molecule has 22 heavy (non-hydrogen) atoms. The Morgan fingerprint density at radius 1 is 0.773 bits per heavy atom. The van der Waals surface area contributed by atoms with Crippen LogP contribution in [0.2, 0.25) is 0 Å². The van der Waals surface area contributed by atoms with E-state index in [1.807, 2.05) is 0 Å². The Kier molecular flexibility index (Phi) is 14.2. The second-order valence-electron chi connectivity index (χ2n) is 8.20. The maximum absolute atomic E-state index is 3.86. The first-order chi connectivity index (χ1) is 10.5. The third kappa shape index (κ3) is 14.7. The van der Waals surface area contributed by atoms with Crippen LogP contribution in [-0.2, 0) is 0 Å². The minimum absolute atomic E-state index is 0.567. The van der Waals surface area contributed by atoms with Crippen molar-refractivity contribution >= 4 is 0 Å². The molecular weight excluding hydrogens is 264 g/mol. The van der Waals surface area contributed by atoms with Gasteiger partial charge in [-0.3, -0.25) is 0 Å². The lowest BCUT2D eigenvalue weighted by molar-refractivity contribution is 0.282. The molecular formula is C22H44. The normalized spacial score (nSPS) is 13.3.